The number of piperidine rings is 1. The molecule has 0 bridgehead atoms. The number of halogens is 3. The van der Waals surface area contributed by atoms with Crippen LogP contribution in [0.3, 0.4) is 0 Å². The van der Waals surface area contributed by atoms with Gasteiger partial charge in [0.25, 0.3) is 0 Å². The molecule has 1 aliphatic carbocycles. The Balaban J connectivity index is 1.26. The summed E-state index contributed by atoms with van der Waals surface area (Å²) in [5, 5.41) is 2.56. The summed E-state index contributed by atoms with van der Waals surface area (Å²) in [6.45, 7) is 8.80. The van der Waals surface area contributed by atoms with E-state index in [1.807, 2.05) is 6.92 Å². The molecule has 3 amide bonds. The van der Waals surface area contributed by atoms with E-state index >= 15 is 0 Å². The first-order chi connectivity index (χ1) is 20.7. The SMILES string of the molecule is CCC(Cc1ccc(-n2ccc(NC(=O)N3CCN(C(=O)C(C)(C)N)CC3)nc2=O)cc1C(F)(F)F)N1C[C@@H]2[C@@H](CN)[C@@H]2C1. The average Bonchev–Trinajstić information content (AvgIpc) is 3.44. The van der Waals surface area contributed by atoms with E-state index in [2.05, 4.69) is 15.2 Å². The van der Waals surface area contributed by atoms with Gasteiger partial charge in [0.2, 0.25) is 5.91 Å². The first kappa shape index (κ1) is 31.9. The van der Waals surface area contributed by atoms with Crippen LogP contribution in [0, 0.1) is 17.8 Å². The molecule has 14 heteroatoms. The van der Waals surface area contributed by atoms with Crippen molar-refractivity contribution in [2.24, 2.45) is 29.2 Å². The third kappa shape index (κ3) is 6.61. The quantitative estimate of drug-likeness (QED) is 0.411. The number of nitrogens with zero attached hydrogens (tertiary/aromatic N) is 5. The monoisotopic (exact) mass is 618 g/mol. The fraction of sp³-hybridized carbons (Fsp3) is 0.600. The van der Waals surface area contributed by atoms with Gasteiger partial charge in [-0.15, -0.1) is 0 Å². The summed E-state index contributed by atoms with van der Waals surface area (Å²) in [5.41, 5.74) is 9.30. The number of hydrogen-bond donors (Lipinski definition) is 3. The number of nitrogens with two attached hydrogens (primary N) is 2. The molecule has 2 saturated heterocycles. The molecule has 0 radical (unpaired) electrons. The number of hydrogen-bond acceptors (Lipinski definition) is 7. The Morgan fingerprint density at radius 2 is 1.70 bits per heavy atom. The minimum absolute atomic E-state index is 0.0172. The maximum atomic E-state index is 14.2. The van der Waals surface area contributed by atoms with E-state index in [1.54, 1.807) is 18.7 Å². The number of carbonyl (C=O) groups is 2. The standard InChI is InChI=1S/C30H41F3N8O3/c1-4-19(40-16-22-21(15-34)23(22)17-40)13-18-5-6-20(14-24(18)30(31,32)33)41-8-7-25(37-28(41)44)36-27(43)39-11-9-38(10-12-39)26(42)29(2,3)35/h5-8,14,19,21-23H,4,9-13,15-17,34-35H2,1-3H3,(H,36,37,43,44)/t19?,21-,22-,23+. The number of fused-ring (bicyclic) bond motifs is 1. The average molecular weight is 619 g/mol. The molecular weight excluding hydrogens is 577 g/mol. The molecule has 0 spiro atoms. The number of anilines is 1. The minimum atomic E-state index is -4.61. The molecular formula is C30H41F3N8O3. The second kappa shape index (κ2) is 12.1. The predicted octanol–water partition coefficient (Wildman–Crippen LogP) is 2.12. The summed E-state index contributed by atoms with van der Waals surface area (Å²) in [6.07, 6.45) is -2.34. The van der Waals surface area contributed by atoms with Gasteiger partial charge in [0.15, 0.2) is 0 Å². The fourth-order valence-electron chi connectivity index (χ4n) is 6.65. The molecule has 5 N–H and O–H groups in total. The Kier molecular flexibility index (Phi) is 8.80. The van der Waals surface area contributed by atoms with Crippen LogP contribution in [0.4, 0.5) is 23.8 Å². The fourth-order valence-corrected chi connectivity index (χ4v) is 6.65. The number of amides is 3. The molecule has 1 unspecified atom stereocenters. The second-order valence-electron chi connectivity index (χ2n) is 12.7. The number of alkyl halides is 3. The van der Waals surface area contributed by atoms with Crippen molar-refractivity contribution < 1.29 is 22.8 Å². The topological polar surface area (TPSA) is 143 Å². The zero-order valence-electron chi connectivity index (χ0n) is 25.3. The van der Waals surface area contributed by atoms with E-state index in [0.717, 1.165) is 30.1 Å². The van der Waals surface area contributed by atoms with Gasteiger partial charge in [0.1, 0.15) is 5.82 Å². The molecule has 3 aliphatic rings. The van der Waals surface area contributed by atoms with Gasteiger partial charge in [-0.25, -0.2) is 9.59 Å². The van der Waals surface area contributed by atoms with Crippen molar-refractivity contribution >= 4 is 17.8 Å². The van der Waals surface area contributed by atoms with Crippen LogP contribution in [0.2, 0.25) is 0 Å². The summed E-state index contributed by atoms with van der Waals surface area (Å²) in [5.74, 6) is 1.40. The second-order valence-corrected chi connectivity index (χ2v) is 12.7. The number of likely N-dealkylation sites (tertiary alicyclic amines) is 1. The zero-order valence-corrected chi connectivity index (χ0v) is 25.3. The third-order valence-corrected chi connectivity index (χ3v) is 9.24. The van der Waals surface area contributed by atoms with E-state index in [9.17, 15) is 27.6 Å². The van der Waals surface area contributed by atoms with Crippen LogP contribution in [0.5, 0.6) is 0 Å². The molecule has 5 rings (SSSR count). The lowest BCUT2D eigenvalue weighted by atomic mass is 9.96. The van der Waals surface area contributed by atoms with Crippen LogP contribution in [0.15, 0.2) is 35.3 Å². The number of piperazine rings is 1. The Hall–Kier alpha value is -3.49. The summed E-state index contributed by atoms with van der Waals surface area (Å²) >= 11 is 0. The molecule has 11 nitrogen and oxygen atoms in total. The van der Waals surface area contributed by atoms with Crippen LogP contribution in [0.1, 0.15) is 38.3 Å². The molecule has 1 aromatic heterocycles. The smallest absolute Gasteiger partial charge is 0.338 e. The van der Waals surface area contributed by atoms with E-state index in [0.29, 0.717) is 37.4 Å². The van der Waals surface area contributed by atoms with Gasteiger partial charge in [-0.3, -0.25) is 19.6 Å². The predicted molar refractivity (Wildman–Crippen MR) is 159 cm³/mol. The number of aromatic nitrogens is 2. The highest BCUT2D eigenvalue weighted by Crippen LogP contribution is 2.51. The first-order valence-corrected chi connectivity index (χ1v) is 15.1. The minimum Gasteiger partial charge on any atom is -0.338 e. The highest BCUT2D eigenvalue weighted by atomic mass is 19.4. The molecule has 44 heavy (non-hydrogen) atoms. The first-order valence-electron chi connectivity index (χ1n) is 15.1. The van der Waals surface area contributed by atoms with Crippen LogP contribution in [-0.2, 0) is 17.4 Å². The van der Waals surface area contributed by atoms with Gasteiger partial charge in [-0.2, -0.15) is 18.2 Å². The van der Waals surface area contributed by atoms with Crippen molar-refractivity contribution in [3.63, 3.8) is 0 Å². The van der Waals surface area contributed by atoms with Gasteiger partial charge in [0, 0.05) is 51.5 Å². The third-order valence-electron chi connectivity index (χ3n) is 9.24. The van der Waals surface area contributed by atoms with Crippen LogP contribution >= 0.6 is 0 Å². The van der Waals surface area contributed by atoms with Crippen LogP contribution in [-0.4, -0.2) is 93.6 Å². The van der Waals surface area contributed by atoms with Gasteiger partial charge in [-0.05, 0) is 74.8 Å². The molecule has 3 heterocycles. The molecule has 1 saturated carbocycles. The molecule has 2 aromatic rings. The van der Waals surface area contributed by atoms with Crippen molar-refractivity contribution in [2.75, 3.05) is 51.1 Å². The molecule has 240 valence electrons. The number of urea groups is 1. The number of rotatable bonds is 8. The largest absolute Gasteiger partial charge is 0.416 e. The van der Waals surface area contributed by atoms with Crippen molar-refractivity contribution in [2.45, 2.75) is 51.4 Å². The van der Waals surface area contributed by atoms with E-state index < -0.39 is 29.0 Å². The normalized spacial score (nSPS) is 23.0. The Morgan fingerprint density at radius 3 is 2.25 bits per heavy atom. The highest BCUT2D eigenvalue weighted by Gasteiger charge is 2.55. The Morgan fingerprint density at radius 1 is 1.07 bits per heavy atom. The van der Waals surface area contributed by atoms with Crippen molar-refractivity contribution in [1.29, 1.82) is 0 Å². The van der Waals surface area contributed by atoms with E-state index in [-0.39, 0.29) is 48.5 Å². The summed E-state index contributed by atoms with van der Waals surface area (Å²) in [7, 11) is 0. The van der Waals surface area contributed by atoms with E-state index in [4.69, 9.17) is 11.5 Å². The van der Waals surface area contributed by atoms with Gasteiger partial charge >= 0.3 is 17.9 Å². The van der Waals surface area contributed by atoms with Gasteiger partial charge in [0.05, 0.1) is 16.8 Å². The Labute approximate surface area is 254 Å². The van der Waals surface area contributed by atoms with Crippen LogP contribution in [0.25, 0.3) is 5.69 Å². The lowest BCUT2D eigenvalue weighted by Gasteiger charge is -2.37. The lowest BCUT2D eigenvalue weighted by Crippen LogP contribution is -2.58. The number of benzene rings is 1. The van der Waals surface area contributed by atoms with Crippen molar-refractivity contribution in [3.8, 4) is 5.69 Å². The highest BCUT2D eigenvalue weighted by molar-refractivity contribution is 5.89. The number of nitrogens with one attached hydrogen (secondary N) is 1. The molecule has 4 atom stereocenters. The maximum Gasteiger partial charge on any atom is 0.416 e. The van der Waals surface area contributed by atoms with Gasteiger partial charge < -0.3 is 21.3 Å². The van der Waals surface area contributed by atoms with Gasteiger partial charge in [-0.1, -0.05) is 13.0 Å². The summed E-state index contributed by atoms with van der Waals surface area (Å²) in [6, 6.07) is 4.76. The molecule has 3 fully saturated rings. The molecule has 1 aromatic carbocycles. The summed E-state index contributed by atoms with van der Waals surface area (Å²) < 4.78 is 43.7. The van der Waals surface area contributed by atoms with Crippen molar-refractivity contribution in [3.05, 3.63) is 52.1 Å². The summed E-state index contributed by atoms with van der Waals surface area (Å²) in [4.78, 5) is 47.3. The van der Waals surface area contributed by atoms with Crippen LogP contribution < -0.4 is 22.5 Å². The lowest BCUT2D eigenvalue weighted by molar-refractivity contribution is -0.138. The van der Waals surface area contributed by atoms with Crippen molar-refractivity contribution in [1.82, 2.24) is 24.3 Å². The zero-order chi connectivity index (χ0) is 32.0. The maximum absolute atomic E-state index is 14.2. The van der Waals surface area contributed by atoms with E-state index in [1.165, 1.54) is 29.3 Å². The number of carbonyl (C=O) groups excluding carboxylic acids is 2. The Bertz CT molecular complexity index is 1440. The molecule has 2 aliphatic heterocycles.